The van der Waals surface area contributed by atoms with E-state index in [-0.39, 0.29) is 5.92 Å². The highest BCUT2D eigenvalue weighted by Crippen LogP contribution is 2.27. The van der Waals surface area contributed by atoms with E-state index in [2.05, 4.69) is 0 Å². The molecule has 0 N–H and O–H groups in total. The Bertz CT molecular complexity index is 599. The van der Waals surface area contributed by atoms with Gasteiger partial charge in [0.15, 0.2) is 0 Å². The molecule has 2 rings (SSSR count). The van der Waals surface area contributed by atoms with Crippen LogP contribution in [0.4, 0.5) is 10.1 Å². The Labute approximate surface area is 117 Å². The SMILES string of the molecule is CCC(Cc1ccccc1)c1ccc([N+](=O)[O-])c(F)c1. The first-order valence-electron chi connectivity index (χ1n) is 6.59. The minimum atomic E-state index is -0.765. The fourth-order valence-electron chi connectivity index (χ4n) is 2.32. The number of rotatable bonds is 5. The molecule has 4 heteroatoms. The van der Waals surface area contributed by atoms with Gasteiger partial charge >= 0.3 is 5.69 Å². The Morgan fingerprint density at radius 3 is 2.45 bits per heavy atom. The Morgan fingerprint density at radius 2 is 1.90 bits per heavy atom. The van der Waals surface area contributed by atoms with Crippen molar-refractivity contribution in [3.05, 3.63) is 75.6 Å². The molecule has 0 aliphatic carbocycles. The molecule has 0 amide bonds. The molecule has 0 saturated heterocycles. The van der Waals surface area contributed by atoms with E-state index in [1.165, 1.54) is 17.7 Å². The highest BCUT2D eigenvalue weighted by atomic mass is 19.1. The lowest BCUT2D eigenvalue weighted by molar-refractivity contribution is -0.387. The van der Waals surface area contributed by atoms with Crippen LogP contribution in [0.15, 0.2) is 48.5 Å². The highest BCUT2D eigenvalue weighted by molar-refractivity contribution is 5.37. The van der Waals surface area contributed by atoms with Crippen molar-refractivity contribution >= 4 is 5.69 Å². The molecule has 1 unspecified atom stereocenters. The van der Waals surface area contributed by atoms with Gasteiger partial charge in [0.2, 0.25) is 5.82 Å². The number of nitrogens with zero attached hydrogens (tertiary/aromatic N) is 1. The zero-order chi connectivity index (χ0) is 14.5. The van der Waals surface area contributed by atoms with Crippen molar-refractivity contribution in [1.29, 1.82) is 0 Å². The van der Waals surface area contributed by atoms with Crippen LogP contribution >= 0.6 is 0 Å². The molecule has 2 aromatic rings. The number of halogens is 1. The van der Waals surface area contributed by atoms with Crippen LogP contribution in [0.1, 0.15) is 30.4 Å². The summed E-state index contributed by atoms with van der Waals surface area (Å²) in [4.78, 5) is 9.93. The maximum Gasteiger partial charge on any atom is 0.304 e. The monoisotopic (exact) mass is 273 g/mol. The number of hydrogen-bond acceptors (Lipinski definition) is 2. The number of nitro benzene ring substituents is 1. The zero-order valence-corrected chi connectivity index (χ0v) is 11.3. The maximum absolute atomic E-state index is 13.7. The van der Waals surface area contributed by atoms with Gasteiger partial charge in [-0.25, -0.2) is 0 Å². The van der Waals surface area contributed by atoms with Crippen molar-refractivity contribution in [2.45, 2.75) is 25.7 Å². The third-order valence-electron chi connectivity index (χ3n) is 3.46. The molecule has 0 heterocycles. The first-order chi connectivity index (χ1) is 9.61. The minimum absolute atomic E-state index is 0.160. The van der Waals surface area contributed by atoms with Gasteiger partial charge in [-0.3, -0.25) is 10.1 Å². The van der Waals surface area contributed by atoms with Gasteiger partial charge in [0.05, 0.1) is 4.92 Å². The van der Waals surface area contributed by atoms with E-state index >= 15 is 0 Å². The second kappa shape index (κ2) is 6.28. The largest absolute Gasteiger partial charge is 0.304 e. The van der Waals surface area contributed by atoms with Crippen LogP contribution in [0.3, 0.4) is 0 Å². The fraction of sp³-hybridized carbons (Fsp3) is 0.250. The first kappa shape index (κ1) is 14.2. The van der Waals surface area contributed by atoms with Gasteiger partial charge < -0.3 is 0 Å². The van der Waals surface area contributed by atoms with Crippen molar-refractivity contribution in [1.82, 2.24) is 0 Å². The van der Waals surface area contributed by atoms with Gasteiger partial charge in [-0.1, -0.05) is 43.3 Å². The number of nitro groups is 1. The molecule has 3 nitrogen and oxygen atoms in total. The van der Waals surface area contributed by atoms with Crippen LogP contribution < -0.4 is 0 Å². The summed E-state index contributed by atoms with van der Waals surface area (Å²) in [5, 5.41) is 10.6. The quantitative estimate of drug-likeness (QED) is 0.596. The van der Waals surface area contributed by atoms with Crippen LogP contribution in [0.5, 0.6) is 0 Å². The summed E-state index contributed by atoms with van der Waals surface area (Å²) in [6, 6.07) is 14.1. The molecule has 0 fully saturated rings. The lowest BCUT2D eigenvalue weighted by Crippen LogP contribution is -2.03. The molecule has 0 aliphatic rings. The molecule has 0 radical (unpaired) electrons. The number of benzene rings is 2. The summed E-state index contributed by atoms with van der Waals surface area (Å²) in [6.45, 7) is 2.03. The molecule has 0 aliphatic heterocycles. The second-order valence-corrected chi connectivity index (χ2v) is 4.76. The van der Waals surface area contributed by atoms with Crippen molar-refractivity contribution in [2.24, 2.45) is 0 Å². The molecule has 20 heavy (non-hydrogen) atoms. The van der Waals surface area contributed by atoms with Crippen LogP contribution in [0.2, 0.25) is 0 Å². The summed E-state index contributed by atoms with van der Waals surface area (Å²) in [5.74, 6) is -0.605. The third-order valence-corrected chi connectivity index (χ3v) is 3.46. The van der Waals surface area contributed by atoms with E-state index in [9.17, 15) is 14.5 Å². The molecule has 0 spiro atoms. The van der Waals surface area contributed by atoms with Gasteiger partial charge in [0.1, 0.15) is 0 Å². The Hall–Kier alpha value is -2.23. The molecule has 104 valence electrons. The fourth-order valence-corrected chi connectivity index (χ4v) is 2.32. The molecule has 0 aromatic heterocycles. The Kier molecular flexibility index (Phi) is 4.45. The van der Waals surface area contributed by atoms with Crippen LogP contribution in [-0.2, 0) is 6.42 Å². The van der Waals surface area contributed by atoms with Gasteiger partial charge in [0, 0.05) is 6.07 Å². The van der Waals surface area contributed by atoms with E-state index in [1.807, 2.05) is 37.3 Å². The van der Waals surface area contributed by atoms with Crippen molar-refractivity contribution in [3.63, 3.8) is 0 Å². The van der Waals surface area contributed by atoms with E-state index in [0.29, 0.717) is 0 Å². The van der Waals surface area contributed by atoms with Crippen molar-refractivity contribution < 1.29 is 9.31 Å². The van der Waals surface area contributed by atoms with Gasteiger partial charge in [0.25, 0.3) is 0 Å². The van der Waals surface area contributed by atoms with Gasteiger partial charge in [-0.15, -0.1) is 0 Å². The third kappa shape index (κ3) is 3.20. The normalized spacial score (nSPS) is 12.1. The smallest absolute Gasteiger partial charge is 0.258 e. The predicted octanol–water partition coefficient (Wildman–Crippen LogP) is 4.47. The van der Waals surface area contributed by atoms with E-state index in [0.717, 1.165) is 18.4 Å². The maximum atomic E-state index is 13.7. The van der Waals surface area contributed by atoms with Gasteiger partial charge in [-0.2, -0.15) is 4.39 Å². The Morgan fingerprint density at radius 1 is 1.20 bits per heavy atom. The zero-order valence-electron chi connectivity index (χ0n) is 11.3. The average molecular weight is 273 g/mol. The molecule has 1 atom stereocenters. The minimum Gasteiger partial charge on any atom is -0.258 e. The van der Waals surface area contributed by atoms with E-state index in [1.54, 1.807) is 6.07 Å². The Balaban J connectivity index is 2.24. The average Bonchev–Trinajstić information content (AvgIpc) is 2.45. The van der Waals surface area contributed by atoms with E-state index < -0.39 is 16.4 Å². The highest BCUT2D eigenvalue weighted by Gasteiger charge is 2.17. The van der Waals surface area contributed by atoms with Crippen LogP contribution in [0, 0.1) is 15.9 Å². The van der Waals surface area contributed by atoms with Crippen LogP contribution in [0.25, 0.3) is 0 Å². The number of hydrogen-bond donors (Lipinski definition) is 0. The second-order valence-electron chi connectivity index (χ2n) is 4.76. The molecule has 0 bridgehead atoms. The molecule has 2 aromatic carbocycles. The van der Waals surface area contributed by atoms with Gasteiger partial charge in [-0.05, 0) is 36.0 Å². The summed E-state index contributed by atoms with van der Waals surface area (Å²) < 4.78 is 13.7. The van der Waals surface area contributed by atoms with Crippen LogP contribution in [-0.4, -0.2) is 4.92 Å². The summed E-state index contributed by atoms with van der Waals surface area (Å²) >= 11 is 0. The molecular weight excluding hydrogens is 257 g/mol. The van der Waals surface area contributed by atoms with Crippen molar-refractivity contribution in [2.75, 3.05) is 0 Å². The lowest BCUT2D eigenvalue weighted by Gasteiger charge is -2.15. The van der Waals surface area contributed by atoms with E-state index in [4.69, 9.17) is 0 Å². The molecule has 0 saturated carbocycles. The van der Waals surface area contributed by atoms with Crippen molar-refractivity contribution in [3.8, 4) is 0 Å². The lowest BCUT2D eigenvalue weighted by atomic mass is 9.90. The standard InChI is InChI=1S/C16H16FNO2/c1-2-13(10-12-6-4-3-5-7-12)14-8-9-16(18(19)20)15(17)11-14/h3-9,11,13H,2,10H2,1H3. The first-order valence-corrected chi connectivity index (χ1v) is 6.59. The predicted molar refractivity (Wildman–Crippen MR) is 76.2 cm³/mol. The summed E-state index contributed by atoms with van der Waals surface area (Å²) in [5.41, 5.74) is 1.51. The topological polar surface area (TPSA) is 43.1 Å². The summed E-state index contributed by atoms with van der Waals surface area (Å²) in [6.07, 6.45) is 1.65. The molecular formula is C16H16FNO2. The summed E-state index contributed by atoms with van der Waals surface area (Å²) in [7, 11) is 0.